The summed E-state index contributed by atoms with van der Waals surface area (Å²) in [5.74, 6) is 0.434. The lowest BCUT2D eigenvalue weighted by Crippen LogP contribution is -2.29. The van der Waals surface area contributed by atoms with E-state index in [1.807, 2.05) is 6.92 Å². The first kappa shape index (κ1) is 18.2. The van der Waals surface area contributed by atoms with E-state index in [9.17, 15) is 9.59 Å². The molecule has 0 bridgehead atoms. The molecule has 7 heteroatoms. The Morgan fingerprint density at radius 3 is 2.50 bits per heavy atom. The number of fused-ring (bicyclic) bond motifs is 1. The first-order valence-electron chi connectivity index (χ1n) is 9.03. The van der Waals surface area contributed by atoms with Gasteiger partial charge in [-0.15, -0.1) is 0 Å². The van der Waals surface area contributed by atoms with Gasteiger partial charge >= 0.3 is 0 Å². The smallest absolute Gasteiger partial charge is 0.242 e. The summed E-state index contributed by atoms with van der Waals surface area (Å²) < 4.78 is 1.57. The van der Waals surface area contributed by atoms with Crippen molar-refractivity contribution in [3.05, 3.63) is 39.7 Å². The minimum atomic E-state index is -0.176. The van der Waals surface area contributed by atoms with Crippen molar-refractivity contribution in [3.63, 3.8) is 0 Å². The highest BCUT2D eigenvalue weighted by molar-refractivity contribution is 5.96. The van der Waals surface area contributed by atoms with Gasteiger partial charge < -0.3 is 5.32 Å². The summed E-state index contributed by atoms with van der Waals surface area (Å²) in [7, 11) is 0. The van der Waals surface area contributed by atoms with Crippen LogP contribution in [0, 0.1) is 20.8 Å². The van der Waals surface area contributed by atoms with E-state index in [1.165, 1.54) is 18.9 Å². The summed E-state index contributed by atoms with van der Waals surface area (Å²) in [5.41, 5.74) is 5.36. The van der Waals surface area contributed by atoms with E-state index in [4.69, 9.17) is 0 Å². The molecule has 0 fully saturated rings. The monoisotopic (exact) mass is 355 g/mol. The summed E-state index contributed by atoms with van der Waals surface area (Å²) in [6, 6.07) is 0. The Hall–Kier alpha value is -2.57. The van der Waals surface area contributed by atoms with Gasteiger partial charge in [-0.2, -0.15) is 5.10 Å². The van der Waals surface area contributed by atoms with Gasteiger partial charge in [-0.3, -0.25) is 14.3 Å². The van der Waals surface area contributed by atoms with Crippen molar-refractivity contribution in [1.82, 2.24) is 25.1 Å². The van der Waals surface area contributed by atoms with E-state index < -0.39 is 0 Å². The number of hydrogen-bond donors (Lipinski definition) is 1. The van der Waals surface area contributed by atoms with Crippen molar-refractivity contribution in [3.8, 4) is 0 Å². The van der Waals surface area contributed by atoms with Gasteiger partial charge in [0.05, 0.1) is 17.8 Å². The van der Waals surface area contributed by atoms with Crippen molar-refractivity contribution < 1.29 is 9.59 Å². The topological polar surface area (TPSA) is 89.8 Å². The van der Waals surface area contributed by atoms with E-state index in [2.05, 4.69) is 20.4 Å². The number of Topliss-reactive ketones (excluding diaryl/α,β-unsaturated/α-hetero) is 1. The van der Waals surface area contributed by atoms with E-state index >= 15 is 0 Å². The largest absolute Gasteiger partial charge is 0.347 e. The normalized spacial score (nSPS) is 13.4. The highest BCUT2D eigenvalue weighted by Gasteiger charge is 2.18. The molecule has 0 saturated carbocycles. The van der Waals surface area contributed by atoms with Crippen LogP contribution in [0.1, 0.15) is 64.3 Å². The summed E-state index contributed by atoms with van der Waals surface area (Å²) in [5, 5.41) is 7.16. The number of ketones is 1. The zero-order chi connectivity index (χ0) is 18.8. The number of carbonyl (C=O) groups excluding carboxylic acids is 2. The van der Waals surface area contributed by atoms with Crippen LogP contribution in [0.3, 0.4) is 0 Å². The zero-order valence-corrected chi connectivity index (χ0v) is 15.8. The number of hydrogen-bond acceptors (Lipinski definition) is 5. The molecule has 2 aromatic rings. The lowest BCUT2D eigenvalue weighted by atomic mass is 9.95. The van der Waals surface area contributed by atoms with Crippen molar-refractivity contribution in [2.45, 2.75) is 66.5 Å². The summed E-state index contributed by atoms with van der Waals surface area (Å²) in [4.78, 5) is 33.1. The number of aryl methyl sites for hydroxylation is 3. The summed E-state index contributed by atoms with van der Waals surface area (Å²) in [6.07, 6.45) is 4.38. The maximum atomic E-state index is 12.3. The zero-order valence-electron chi connectivity index (χ0n) is 15.8. The number of rotatable bonds is 5. The van der Waals surface area contributed by atoms with Crippen LogP contribution in [0.4, 0.5) is 0 Å². The van der Waals surface area contributed by atoms with Gasteiger partial charge in [0.2, 0.25) is 5.91 Å². The highest BCUT2D eigenvalue weighted by Crippen LogP contribution is 2.21. The fraction of sp³-hybridized carbons (Fsp3) is 0.526. The van der Waals surface area contributed by atoms with Crippen LogP contribution in [-0.4, -0.2) is 31.4 Å². The summed E-state index contributed by atoms with van der Waals surface area (Å²) in [6.45, 7) is 7.48. The maximum absolute atomic E-state index is 12.3. The molecule has 0 unspecified atom stereocenters. The fourth-order valence-corrected chi connectivity index (χ4v) is 3.65. The van der Waals surface area contributed by atoms with Crippen molar-refractivity contribution >= 4 is 11.7 Å². The van der Waals surface area contributed by atoms with Crippen LogP contribution in [-0.2, 0) is 30.7 Å². The van der Waals surface area contributed by atoms with Crippen LogP contribution in [0.5, 0.6) is 0 Å². The molecule has 0 saturated heterocycles. The van der Waals surface area contributed by atoms with Crippen LogP contribution < -0.4 is 5.32 Å². The van der Waals surface area contributed by atoms with Crippen molar-refractivity contribution in [2.24, 2.45) is 0 Å². The quantitative estimate of drug-likeness (QED) is 0.829. The third-order valence-corrected chi connectivity index (χ3v) is 4.91. The van der Waals surface area contributed by atoms with Crippen LogP contribution in [0.25, 0.3) is 0 Å². The minimum absolute atomic E-state index is 0.0374. The molecular weight excluding hydrogens is 330 g/mol. The minimum Gasteiger partial charge on any atom is -0.347 e. The third-order valence-electron chi connectivity index (χ3n) is 4.91. The summed E-state index contributed by atoms with van der Waals surface area (Å²) >= 11 is 0. The van der Waals surface area contributed by atoms with E-state index in [1.54, 1.807) is 18.5 Å². The van der Waals surface area contributed by atoms with Crippen LogP contribution >= 0.6 is 0 Å². The maximum Gasteiger partial charge on any atom is 0.242 e. The van der Waals surface area contributed by atoms with Gasteiger partial charge in [-0.05, 0) is 58.9 Å². The van der Waals surface area contributed by atoms with Crippen molar-refractivity contribution in [2.75, 3.05) is 0 Å². The number of nitrogens with one attached hydrogen (secondary N) is 1. The van der Waals surface area contributed by atoms with Crippen LogP contribution in [0.15, 0.2) is 0 Å². The van der Waals surface area contributed by atoms with Crippen LogP contribution in [0.2, 0.25) is 0 Å². The number of nitrogens with zero attached hydrogens (tertiary/aromatic N) is 4. The predicted octanol–water partition coefficient (Wildman–Crippen LogP) is 2.00. The SMILES string of the molecule is CC(=O)c1c(C)nn(CC(=O)NCc2nc(C)c3c(n2)CCCC3)c1C. The molecule has 1 amide bonds. The number of amides is 1. The molecule has 3 rings (SSSR count). The molecule has 2 heterocycles. The van der Waals surface area contributed by atoms with Gasteiger partial charge in [-0.1, -0.05) is 0 Å². The Kier molecular flexibility index (Phi) is 5.15. The molecule has 0 aromatic carbocycles. The van der Waals surface area contributed by atoms with Crippen molar-refractivity contribution in [1.29, 1.82) is 0 Å². The molecule has 0 atom stereocenters. The molecule has 1 aliphatic carbocycles. The molecule has 138 valence electrons. The molecular formula is C19H25N5O2. The van der Waals surface area contributed by atoms with Gasteiger partial charge in [-0.25, -0.2) is 9.97 Å². The highest BCUT2D eigenvalue weighted by atomic mass is 16.2. The van der Waals surface area contributed by atoms with E-state index in [0.29, 0.717) is 29.3 Å². The van der Waals surface area contributed by atoms with E-state index in [0.717, 1.165) is 30.7 Å². The second-order valence-corrected chi connectivity index (χ2v) is 6.89. The van der Waals surface area contributed by atoms with Gasteiger partial charge in [0.1, 0.15) is 12.4 Å². The Balaban J connectivity index is 1.66. The molecule has 1 N–H and O–H groups in total. The predicted molar refractivity (Wildman–Crippen MR) is 97.0 cm³/mol. The first-order chi connectivity index (χ1) is 12.4. The molecule has 2 aromatic heterocycles. The third kappa shape index (κ3) is 3.66. The molecule has 1 aliphatic rings. The van der Waals surface area contributed by atoms with Gasteiger partial charge in [0.15, 0.2) is 5.78 Å². The molecule has 7 nitrogen and oxygen atoms in total. The standard InChI is InChI=1S/C19H25N5O2/c1-11-15-7-5-6-8-16(15)22-17(21-11)9-20-18(26)10-24-13(3)19(14(4)25)12(2)23-24/h5-10H2,1-4H3,(H,20,26). The Labute approximate surface area is 153 Å². The Morgan fingerprint density at radius 2 is 1.81 bits per heavy atom. The average Bonchev–Trinajstić information content (AvgIpc) is 2.86. The number of carbonyl (C=O) groups is 2. The molecule has 0 spiro atoms. The Bertz CT molecular complexity index is 869. The second kappa shape index (κ2) is 7.35. The lowest BCUT2D eigenvalue weighted by Gasteiger charge is -2.17. The second-order valence-electron chi connectivity index (χ2n) is 6.89. The van der Waals surface area contributed by atoms with Gasteiger partial charge in [0, 0.05) is 17.1 Å². The molecule has 26 heavy (non-hydrogen) atoms. The van der Waals surface area contributed by atoms with Gasteiger partial charge in [0.25, 0.3) is 0 Å². The first-order valence-corrected chi connectivity index (χ1v) is 9.03. The fourth-order valence-electron chi connectivity index (χ4n) is 3.65. The van der Waals surface area contributed by atoms with E-state index in [-0.39, 0.29) is 18.2 Å². The molecule has 0 radical (unpaired) electrons. The molecule has 0 aliphatic heterocycles. The Morgan fingerprint density at radius 1 is 1.08 bits per heavy atom. The lowest BCUT2D eigenvalue weighted by molar-refractivity contribution is -0.122. The number of aromatic nitrogens is 4. The average molecular weight is 355 g/mol.